The first-order chi connectivity index (χ1) is 8.04. The topological polar surface area (TPSA) is 63.9 Å². The minimum absolute atomic E-state index is 0.137. The number of rotatable bonds is 2. The maximum Gasteiger partial charge on any atom is 0.167 e. The lowest BCUT2D eigenvalue weighted by Crippen LogP contribution is -1.97. The molecule has 2 rings (SSSR count). The van der Waals surface area contributed by atoms with E-state index < -0.39 is 11.6 Å². The number of anilines is 1. The van der Waals surface area contributed by atoms with Gasteiger partial charge in [0.05, 0.1) is 23.4 Å². The Morgan fingerprint density at radius 1 is 1.41 bits per heavy atom. The van der Waals surface area contributed by atoms with E-state index >= 15 is 0 Å². The van der Waals surface area contributed by atoms with Gasteiger partial charge in [-0.3, -0.25) is 5.10 Å². The number of nitrogens with zero attached hydrogens (tertiary/aromatic N) is 1. The lowest BCUT2D eigenvalue weighted by Gasteiger charge is -2.10. The molecule has 0 aliphatic heterocycles. The molecule has 7 heteroatoms. The maximum absolute atomic E-state index is 13.9. The quantitative estimate of drug-likeness (QED) is 0.815. The zero-order chi connectivity index (χ0) is 12.6. The number of halogens is 3. The molecule has 0 atom stereocenters. The summed E-state index contributed by atoms with van der Waals surface area (Å²) < 4.78 is 32.2. The van der Waals surface area contributed by atoms with E-state index in [0.717, 1.165) is 6.07 Å². The Morgan fingerprint density at radius 2 is 2.12 bits per heavy atom. The van der Waals surface area contributed by atoms with Crippen LogP contribution >= 0.6 is 11.6 Å². The number of ether oxygens (including phenoxy) is 1. The number of hydrogen-bond acceptors (Lipinski definition) is 3. The summed E-state index contributed by atoms with van der Waals surface area (Å²) in [6.07, 6.45) is 0. The van der Waals surface area contributed by atoms with Gasteiger partial charge in [0.15, 0.2) is 17.4 Å². The van der Waals surface area contributed by atoms with Gasteiger partial charge in [-0.2, -0.15) is 5.10 Å². The molecule has 0 unspecified atom stereocenters. The molecule has 0 saturated carbocycles. The van der Waals surface area contributed by atoms with Crippen molar-refractivity contribution in [3.63, 3.8) is 0 Å². The van der Waals surface area contributed by atoms with Crippen LogP contribution in [0.1, 0.15) is 0 Å². The molecule has 17 heavy (non-hydrogen) atoms. The van der Waals surface area contributed by atoms with E-state index in [1.807, 2.05) is 0 Å². The van der Waals surface area contributed by atoms with E-state index in [1.54, 1.807) is 0 Å². The van der Waals surface area contributed by atoms with Crippen LogP contribution in [0.25, 0.3) is 11.3 Å². The number of aromatic nitrogens is 2. The van der Waals surface area contributed by atoms with Crippen LogP contribution in [-0.2, 0) is 0 Å². The fraction of sp³-hybridized carbons (Fsp3) is 0.100. The normalized spacial score (nSPS) is 10.6. The SMILES string of the molecule is COc1c(F)cc(Cl)c(F)c1-c1cc(N)n[nH]1. The van der Waals surface area contributed by atoms with E-state index in [9.17, 15) is 8.78 Å². The van der Waals surface area contributed by atoms with Gasteiger partial charge in [-0.05, 0) is 6.07 Å². The summed E-state index contributed by atoms with van der Waals surface area (Å²) in [5, 5.41) is 5.76. The Hall–Kier alpha value is -1.82. The Balaban J connectivity index is 2.74. The summed E-state index contributed by atoms with van der Waals surface area (Å²) in [6.45, 7) is 0. The van der Waals surface area contributed by atoms with Crippen molar-refractivity contribution in [2.45, 2.75) is 0 Å². The van der Waals surface area contributed by atoms with Crippen LogP contribution in [0.4, 0.5) is 14.6 Å². The third kappa shape index (κ3) is 1.91. The Labute approximate surface area is 100 Å². The highest BCUT2D eigenvalue weighted by atomic mass is 35.5. The zero-order valence-corrected chi connectivity index (χ0v) is 9.48. The van der Waals surface area contributed by atoms with Gasteiger partial charge in [0.25, 0.3) is 0 Å². The Kier molecular flexibility index (Phi) is 2.89. The van der Waals surface area contributed by atoms with Crippen molar-refractivity contribution in [2.24, 2.45) is 0 Å². The van der Waals surface area contributed by atoms with Crippen molar-refractivity contribution >= 4 is 17.4 Å². The van der Waals surface area contributed by atoms with E-state index in [2.05, 4.69) is 10.2 Å². The number of nitrogen functional groups attached to an aromatic ring is 1. The summed E-state index contributed by atoms with van der Waals surface area (Å²) in [5.41, 5.74) is 5.46. The number of nitrogens with two attached hydrogens (primary N) is 1. The predicted molar refractivity (Wildman–Crippen MR) is 59.9 cm³/mol. The van der Waals surface area contributed by atoms with Gasteiger partial charge < -0.3 is 10.5 Å². The summed E-state index contributed by atoms with van der Waals surface area (Å²) >= 11 is 5.57. The van der Waals surface area contributed by atoms with Gasteiger partial charge in [-0.1, -0.05) is 11.6 Å². The number of hydrogen-bond donors (Lipinski definition) is 2. The lowest BCUT2D eigenvalue weighted by molar-refractivity contribution is 0.385. The highest BCUT2D eigenvalue weighted by molar-refractivity contribution is 6.31. The molecule has 4 nitrogen and oxygen atoms in total. The van der Waals surface area contributed by atoms with Crippen molar-refractivity contribution in [3.8, 4) is 17.0 Å². The average Bonchev–Trinajstić information content (AvgIpc) is 2.69. The van der Waals surface area contributed by atoms with Gasteiger partial charge in [0, 0.05) is 6.07 Å². The van der Waals surface area contributed by atoms with Crippen molar-refractivity contribution in [1.82, 2.24) is 10.2 Å². The minimum atomic E-state index is -0.798. The molecule has 90 valence electrons. The molecular weight excluding hydrogens is 252 g/mol. The molecule has 1 heterocycles. The molecule has 0 amide bonds. The van der Waals surface area contributed by atoms with E-state index in [4.69, 9.17) is 22.1 Å². The summed E-state index contributed by atoms with van der Waals surface area (Å²) in [5.74, 6) is -1.66. The van der Waals surface area contributed by atoms with Gasteiger partial charge in [0.2, 0.25) is 0 Å². The Morgan fingerprint density at radius 3 is 2.65 bits per heavy atom. The fourth-order valence-corrected chi connectivity index (χ4v) is 1.67. The molecule has 0 spiro atoms. The molecule has 0 fully saturated rings. The molecule has 2 aromatic rings. The van der Waals surface area contributed by atoms with Gasteiger partial charge in [0.1, 0.15) is 5.82 Å². The molecular formula is C10H8ClF2N3O. The highest BCUT2D eigenvalue weighted by Crippen LogP contribution is 2.37. The number of methoxy groups -OCH3 is 1. The molecule has 0 bridgehead atoms. The number of nitrogens with one attached hydrogen (secondary N) is 1. The van der Waals surface area contributed by atoms with Crippen LogP contribution in [-0.4, -0.2) is 17.3 Å². The molecule has 1 aromatic heterocycles. The van der Waals surface area contributed by atoms with Crippen LogP contribution < -0.4 is 10.5 Å². The number of benzene rings is 1. The highest BCUT2D eigenvalue weighted by Gasteiger charge is 2.21. The van der Waals surface area contributed by atoms with Crippen LogP contribution in [0.15, 0.2) is 12.1 Å². The standard InChI is InChI=1S/C10H8ClF2N3O/c1-17-10-5(12)2-4(11)9(13)8(10)6-3-7(14)16-15-6/h2-3H,1H3,(H3,14,15,16). The predicted octanol–water partition coefficient (Wildman–Crippen LogP) is 2.60. The first-order valence-corrected chi connectivity index (χ1v) is 4.95. The molecule has 0 radical (unpaired) electrons. The first kappa shape index (κ1) is 11.7. The second-order valence-corrected chi connectivity index (χ2v) is 3.68. The van der Waals surface area contributed by atoms with E-state index in [0.29, 0.717) is 0 Å². The smallest absolute Gasteiger partial charge is 0.167 e. The molecule has 0 aliphatic rings. The van der Waals surface area contributed by atoms with Crippen LogP contribution in [0.3, 0.4) is 0 Å². The summed E-state index contributed by atoms with van der Waals surface area (Å²) in [4.78, 5) is 0. The summed E-state index contributed by atoms with van der Waals surface area (Å²) in [7, 11) is 1.23. The van der Waals surface area contributed by atoms with Crippen molar-refractivity contribution in [1.29, 1.82) is 0 Å². The fourth-order valence-electron chi connectivity index (χ4n) is 1.48. The summed E-state index contributed by atoms with van der Waals surface area (Å²) in [6, 6.07) is 2.20. The zero-order valence-electron chi connectivity index (χ0n) is 8.72. The maximum atomic E-state index is 13.9. The molecule has 1 aromatic carbocycles. The lowest BCUT2D eigenvalue weighted by atomic mass is 10.1. The van der Waals surface area contributed by atoms with Gasteiger partial charge in [-0.15, -0.1) is 0 Å². The van der Waals surface area contributed by atoms with Crippen molar-refractivity contribution < 1.29 is 13.5 Å². The van der Waals surface area contributed by atoms with Crippen LogP contribution in [0.5, 0.6) is 5.75 Å². The van der Waals surface area contributed by atoms with Crippen LogP contribution in [0.2, 0.25) is 5.02 Å². The largest absolute Gasteiger partial charge is 0.493 e. The van der Waals surface area contributed by atoms with Crippen LogP contribution in [0, 0.1) is 11.6 Å². The third-order valence-electron chi connectivity index (χ3n) is 2.20. The van der Waals surface area contributed by atoms with Crippen molar-refractivity contribution in [2.75, 3.05) is 12.8 Å². The first-order valence-electron chi connectivity index (χ1n) is 4.57. The monoisotopic (exact) mass is 259 g/mol. The van der Waals surface area contributed by atoms with E-state index in [1.165, 1.54) is 13.2 Å². The molecule has 3 N–H and O–H groups in total. The van der Waals surface area contributed by atoms with Crippen molar-refractivity contribution in [3.05, 3.63) is 28.8 Å². The third-order valence-corrected chi connectivity index (χ3v) is 2.47. The average molecular weight is 260 g/mol. The molecule has 0 aliphatic carbocycles. The minimum Gasteiger partial charge on any atom is -0.493 e. The second-order valence-electron chi connectivity index (χ2n) is 3.27. The van der Waals surface area contributed by atoms with Gasteiger partial charge >= 0.3 is 0 Å². The second kappa shape index (κ2) is 4.21. The van der Waals surface area contributed by atoms with E-state index in [-0.39, 0.29) is 27.8 Å². The number of H-pyrrole nitrogens is 1. The molecule has 0 saturated heterocycles. The number of aromatic amines is 1. The Bertz CT molecular complexity index is 571. The van der Waals surface area contributed by atoms with Gasteiger partial charge in [-0.25, -0.2) is 8.78 Å².